The van der Waals surface area contributed by atoms with Crippen LogP contribution >= 0.6 is 0 Å². The molecule has 1 aliphatic rings. The Morgan fingerprint density at radius 2 is 1.00 bits per heavy atom. The Balaban J connectivity index is 1.65. The number of fused-ring (bicyclic) bond motifs is 2. The number of hydrogen-bond donors (Lipinski definition) is 4. The van der Waals surface area contributed by atoms with Gasteiger partial charge >= 0.3 is 11.9 Å². The van der Waals surface area contributed by atoms with Crippen molar-refractivity contribution >= 4 is 56.9 Å². The van der Waals surface area contributed by atoms with Crippen LogP contribution in [-0.2, 0) is 32.0 Å². The molecule has 40 heavy (non-hydrogen) atoms. The second-order valence-corrected chi connectivity index (χ2v) is 9.99. The average Bonchev–Trinajstić information content (AvgIpc) is 3.45. The molecule has 0 spiro atoms. The maximum Gasteiger partial charge on any atom is 0.335 e. The van der Waals surface area contributed by atoms with Crippen LogP contribution in [0.1, 0.15) is 81.8 Å². The van der Waals surface area contributed by atoms with Crippen molar-refractivity contribution in [1.29, 1.82) is 0 Å². The third-order valence-electron chi connectivity index (χ3n) is 7.45. The van der Waals surface area contributed by atoms with Crippen LogP contribution in [0.25, 0.3) is 21.8 Å². The number of carboxylic acid groups (broad SMARTS) is 2. The number of aromatic nitrogens is 2. The summed E-state index contributed by atoms with van der Waals surface area (Å²) in [5.74, 6) is -9.59. The van der Waals surface area contributed by atoms with E-state index in [4.69, 9.17) is 0 Å². The molecule has 0 aliphatic heterocycles. The molecular formula is C30H26N2O8. The molecule has 4 aromatic rings. The molecule has 0 bridgehead atoms. The van der Waals surface area contributed by atoms with Crippen molar-refractivity contribution in [3.8, 4) is 0 Å². The number of H-pyrrole nitrogens is 2. The van der Waals surface area contributed by atoms with Crippen molar-refractivity contribution in [1.82, 2.24) is 9.97 Å². The fourth-order valence-electron chi connectivity index (χ4n) is 5.70. The molecule has 1 fully saturated rings. The summed E-state index contributed by atoms with van der Waals surface area (Å²) in [4.78, 5) is 83.9. The molecule has 1 saturated carbocycles. The lowest BCUT2D eigenvalue weighted by Gasteiger charge is -2.25. The number of rotatable bonds is 8. The molecule has 4 N–H and O–H groups in total. The molecule has 2 heterocycles. The van der Waals surface area contributed by atoms with E-state index in [0.717, 1.165) is 0 Å². The minimum Gasteiger partial charge on any atom is -0.478 e. The topological polar surface area (TPSA) is 174 Å². The quantitative estimate of drug-likeness (QED) is 0.190. The number of carboxylic acids is 2. The maximum absolute atomic E-state index is 13.7. The Morgan fingerprint density at radius 1 is 0.650 bits per heavy atom. The summed E-state index contributed by atoms with van der Waals surface area (Å²) in [6.07, 6.45) is 2.06. The third kappa shape index (κ3) is 4.12. The van der Waals surface area contributed by atoms with Crippen LogP contribution in [0.5, 0.6) is 0 Å². The number of aryl methyl sites for hydroxylation is 2. The first-order valence-electron chi connectivity index (χ1n) is 13.0. The van der Waals surface area contributed by atoms with Gasteiger partial charge in [0.15, 0.2) is 0 Å². The first kappa shape index (κ1) is 26.7. The van der Waals surface area contributed by atoms with Crippen molar-refractivity contribution < 1.29 is 39.0 Å². The van der Waals surface area contributed by atoms with Gasteiger partial charge in [0, 0.05) is 33.2 Å². The van der Waals surface area contributed by atoms with Crippen molar-refractivity contribution in [2.45, 2.75) is 51.4 Å². The van der Waals surface area contributed by atoms with Gasteiger partial charge in [-0.05, 0) is 48.2 Å². The van der Waals surface area contributed by atoms with E-state index in [1.165, 1.54) is 36.4 Å². The SMILES string of the molecule is CCCc1[nH]c2cc(C(=O)O)ccc2c1C1C(=O)C(=O)C(c2c(CCC)[nH]c3cc(C(=O)O)ccc23)C(=O)C1=O. The fraction of sp³-hybridized carbons (Fsp3) is 0.267. The Labute approximate surface area is 227 Å². The van der Waals surface area contributed by atoms with Gasteiger partial charge in [-0.3, -0.25) is 19.2 Å². The zero-order valence-electron chi connectivity index (χ0n) is 21.8. The van der Waals surface area contributed by atoms with E-state index in [-0.39, 0.29) is 22.3 Å². The number of hydrogen-bond acceptors (Lipinski definition) is 6. The van der Waals surface area contributed by atoms with Gasteiger partial charge < -0.3 is 20.2 Å². The van der Waals surface area contributed by atoms with Crippen LogP contribution in [0.4, 0.5) is 0 Å². The summed E-state index contributed by atoms with van der Waals surface area (Å²) in [7, 11) is 0. The van der Waals surface area contributed by atoms with Gasteiger partial charge in [0.05, 0.1) is 11.1 Å². The van der Waals surface area contributed by atoms with Crippen LogP contribution in [0, 0.1) is 0 Å². The van der Waals surface area contributed by atoms with Crippen molar-refractivity contribution in [3.63, 3.8) is 0 Å². The highest BCUT2D eigenvalue weighted by Gasteiger charge is 2.52. The van der Waals surface area contributed by atoms with E-state index in [1.54, 1.807) is 0 Å². The van der Waals surface area contributed by atoms with Crippen molar-refractivity contribution in [3.05, 3.63) is 70.0 Å². The lowest BCUT2D eigenvalue weighted by atomic mass is 9.71. The fourth-order valence-corrected chi connectivity index (χ4v) is 5.70. The van der Waals surface area contributed by atoms with E-state index in [2.05, 4.69) is 9.97 Å². The number of carbonyl (C=O) groups is 6. The number of aromatic carboxylic acids is 2. The lowest BCUT2D eigenvalue weighted by molar-refractivity contribution is -0.151. The van der Waals surface area contributed by atoms with Crippen molar-refractivity contribution in [2.24, 2.45) is 0 Å². The number of benzene rings is 2. The molecule has 0 saturated heterocycles. The summed E-state index contributed by atoms with van der Waals surface area (Å²) in [5, 5.41) is 19.6. The smallest absolute Gasteiger partial charge is 0.335 e. The highest BCUT2D eigenvalue weighted by atomic mass is 16.4. The third-order valence-corrected chi connectivity index (χ3v) is 7.45. The van der Waals surface area contributed by atoms with Crippen LogP contribution in [-0.4, -0.2) is 55.3 Å². The molecule has 204 valence electrons. The predicted molar refractivity (Wildman–Crippen MR) is 144 cm³/mol. The molecule has 2 aromatic heterocycles. The Kier molecular flexibility index (Phi) is 6.70. The molecule has 10 heteroatoms. The first-order valence-corrected chi connectivity index (χ1v) is 13.0. The molecular weight excluding hydrogens is 516 g/mol. The van der Waals surface area contributed by atoms with Gasteiger partial charge in [-0.15, -0.1) is 0 Å². The van der Waals surface area contributed by atoms with E-state index in [9.17, 15) is 39.0 Å². The van der Waals surface area contributed by atoms with E-state index in [0.29, 0.717) is 58.9 Å². The molecule has 0 radical (unpaired) electrons. The molecule has 0 amide bonds. The van der Waals surface area contributed by atoms with Crippen LogP contribution in [0.15, 0.2) is 36.4 Å². The summed E-state index contributed by atoms with van der Waals surface area (Å²) in [6.45, 7) is 3.77. The number of Topliss-reactive ketones (excluding diaryl/α,β-unsaturated/α-hetero) is 4. The highest BCUT2D eigenvalue weighted by molar-refractivity contribution is 6.64. The molecule has 2 aromatic carbocycles. The predicted octanol–water partition coefficient (Wildman–Crippen LogP) is 4.11. The summed E-state index contributed by atoms with van der Waals surface area (Å²) in [5.41, 5.74) is 2.22. The van der Waals surface area contributed by atoms with Crippen LogP contribution in [0.3, 0.4) is 0 Å². The maximum atomic E-state index is 13.7. The van der Waals surface area contributed by atoms with Gasteiger partial charge in [-0.2, -0.15) is 0 Å². The summed E-state index contributed by atoms with van der Waals surface area (Å²) < 4.78 is 0. The number of nitrogens with one attached hydrogen (secondary N) is 2. The number of carbonyl (C=O) groups excluding carboxylic acids is 4. The zero-order chi connectivity index (χ0) is 28.9. The Hall–Kier alpha value is -4.86. The van der Waals surface area contributed by atoms with Gasteiger partial charge in [0.2, 0.25) is 23.1 Å². The van der Waals surface area contributed by atoms with Gasteiger partial charge in [-0.25, -0.2) is 9.59 Å². The lowest BCUT2D eigenvalue weighted by Crippen LogP contribution is -2.46. The summed E-state index contributed by atoms with van der Waals surface area (Å²) >= 11 is 0. The van der Waals surface area contributed by atoms with Crippen LogP contribution in [0.2, 0.25) is 0 Å². The molecule has 0 atom stereocenters. The van der Waals surface area contributed by atoms with Crippen LogP contribution < -0.4 is 0 Å². The second-order valence-electron chi connectivity index (χ2n) is 9.99. The first-order chi connectivity index (χ1) is 19.1. The minimum absolute atomic E-state index is 0.00528. The van der Waals surface area contributed by atoms with E-state index in [1.807, 2.05) is 13.8 Å². The highest BCUT2D eigenvalue weighted by Crippen LogP contribution is 2.40. The number of ketones is 4. The largest absolute Gasteiger partial charge is 0.478 e. The zero-order valence-corrected chi connectivity index (χ0v) is 21.8. The van der Waals surface area contributed by atoms with Gasteiger partial charge in [0.1, 0.15) is 11.8 Å². The normalized spacial score (nSPS) is 17.8. The minimum atomic E-state index is -1.64. The number of aromatic amines is 2. The standard InChI is InChI=1S/C30H26N2O8/c1-3-5-17-21(15-9-7-13(29(37)38)11-19(15)31-17)23-25(33)27(35)24(28(36)26(23)34)22-16-10-8-14(30(39)40)12-20(16)32-18(22)6-4-2/h7-12,23-24,31-32H,3-6H2,1-2H3,(H,37,38)(H,39,40). The monoisotopic (exact) mass is 542 g/mol. The van der Waals surface area contributed by atoms with Gasteiger partial charge in [0.25, 0.3) is 0 Å². The van der Waals surface area contributed by atoms with Crippen molar-refractivity contribution in [2.75, 3.05) is 0 Å². The average molecular weight is 543 g/mol. The molecule has 5 rings (SSSR count). The molecule has 1 aliphatic carbocycles. The Morgan fingerprint density at radius 3 is 1.30 bits per heavy atom. The molecule has 0 unspecified atom stereocenters. The van der Waals surface area contributed by atoms with E-state index >= 15 is 0 Å². The molecule has 10 nitrogen and oxygen atoms in total. The summed E-state index contributed by atoms with van der Waals surface area (Å²) in [6, 6.07) is 8.42. The van der Waals surface area contributed by atoms with Gasteiger partial charge in [-0.1, -0.05) is 38.8 Å². The Bertz CT molecular complexity index is 1620. The van der Waals surface area contributed by atoms with E-state index < -0.39 is 46.9 Å². The second kappa shape index (κ2) is 10.0.